The van der Waals surface area contributed by atoms with Gasteiger partial charge >= 0.3 is 0 Å². The van der Waals surface area contributed by atoms with Gasteiger partial charge in [-0.15, -0.1) is 0 Å². The second-order valence-corrected chi connectivity index (χ2v) is 5.96. The molecule has 1 aromatic carbocycles. The Morgan fingerprint density at radius 1 is 1.15 bits per heavy atom. The molecular weight excluding hydrogens is 295 g/mol. The Kier molecular flexibility index (Phi) is 6.43. The SMILES string of the molecule is COc1c(Cl)cc(CCCCN2CCNCC2)cc1Cl. The van der Waals surface area contributed by atoms with Crippen LogP contribution in [0.3, 0.4) is 0 Å². The first-order valence-corrected chi connectivity index (χ1v) is 7.91. The lowest BCUT2D eigenvalue weighted by Gasteiger charge is -2.27. The molecule has 0 radical (unpaired) electrons. The highest BCUT2D eigenvalue weighted by molar-refractivity contribution is 6.37. The lowest BCUT2D eigenvalue weighted by atomic mass is 10.1. The van der Waals surface area contributed by atoms with Crippen LogP contribution in [-0.2, 0) is 6.42 Å². The topological polar surface area (TPSA) is 24.5 Å². The average molecular weight is 317 g/mol. The molecule has 1 aromatic rings. The Labute approximate surface area is 131 Å². The van der Waals surface area contributed by atoms with Crippen molar-refractivity contribution in [3.05, 3.63) is 27.7 Å². The molecule has 112 valence electrons. The molecule has 0 aromatic heterocycles. The first kappa shape index (κ1) is 15.9. The highest BCUT2D eigenvalue weighted by Crippen LogP contribution is 2.34. The molecule has 0 unspecified atom stereocenters. The summed E-state index contributed by atoms with van der Waals surface area (Å²) in [5.74, 6) is 0.568. The van der Waals surface area contributed by atoms with Crippen LogP contribution in [0.1, 0.15) is 18.4 Å². The van der Waals surface area contributed by atoms with Gasteiger partial charge in [-0.05, 0) is 43.5 Å². The highest BCUT2D eigenvalue weighted by Gasteiger charge is 2.10. The number of benzene rings is 1. The third-order valence-corrected chi connectivity index (χ3v) is 4.22. The maximum absolute atomic E-state index is 6.14. The van der Waals surface area contributed by atoms with Crippen LogP contribution in [0.25, 0.3) is 0 Å². The number of unbranched alkanes of at least 4 members (excludes halogenated alkanes) is 1. The number of halogens is 2. The van der Waals surface area contributed by atoms with Crippen molar-refractivity contribution in [2.45, 2.75) is 19.3 Å². The maximum atomic E-state index is 6.14. The van der Waals surface area contributed by atoms with Gasteiger partial charge in [0.05, 0.1) is 17.2 Å². The second kappa shape index (κ2) is 8.08. The molecule has 0 saturated carbocycles. The van der Waals surface area contributed by atoms with E-state index in [2.05, 4.69) is 10.2 Å². The van der Waals surface area contributed by atoms with E-state index >= 15 is 0 Å². The van der Waals surface area contributed by atoms with Crippen LogP contribution in [0, 0.1) is 0 Å². The fourth-order valence-electron chi connectivity index (χ4n) is 2.55. The van der Waals surface area contributed by atoms with Gasteiger partial charge in [0.2, 0.25) is 0 Å². The molecule has 0 amide bonds. The van der Waals surface area contributed by atoms with E-state index in [9.17, 15) is 0 Å². The smallest absolute Gasteiger partial charge is 0.156 e. The summed E-state index contributed by atoms with van der Waals surface area (Å²) < 4.78 is 5.16. The normalized spacial score (nSPS) is 16.4. The van der Waals surface area contributed by atoms with Gasteiger partial charge in [-0.1, -0.05) is 23.2 Å². The summed E-state index contributed by atoms with van der Waals surface area (Å²) in [6.45, 7) is 5.74. The van der Waals surface area contributed by atoms with E-state index < -0.39 is 0 Å². The van der Waals surface area contributed by atoms with E-state index in [-0.39, 0.29) is 0 Å². The van der Waals surface area contributed by atoms with Crippen molar-refractivity contribution in [1.29, 1.82) is 0 Å². The van der Waals surface area contributed by atoms with E-state index in [4.69, 9.17) is 27.9 Å². The molecule has 1 aliphatic heterocycles. The largest absolute Gasteiger partial charge is 0.494 e. The van der Waals surface area contributed by atoms with Crippen molar-refractivity contribution >= 4 is 23.2 Å². The number of aryl methyl sites for hydroxylation is 1. The van der Waals surface area contributed by atoms with E-state index in [0.29, 0.717) is 15.8 Å². The van der Waals surface area contributed by atoms with Gasteiger partial charge in [-0.2, -0.15) is 0 Å². The van der Waals surface area contributed by atoms with Crippen molar-refractivity contribution in [2.75, 3.05) is 39.8 Å². The summed E-state index contributed by atoms with van der Waals surface area (Å²) in [5, 5.41) is 4.56. The van der Waals surface area contributed by atoms with E-state index in [1.807, 2.05) is 12.1 Å². The Bertz CT molecular complexity index is 411. The number of hydrogen-bond donors (Lipinski definition) is 1. The molecule has 0 aliphatic carbocycles. The van der Waals surface area contributed by atoms with Crippen molar-refractivity contribution < 1.29 is 4.74 Å². The molecule has 5 heteroatoms. The molecule has 1 aliphatic rings. The van der Waals surface area contributed by atoms with E-state index in [1.54, 1.807) is 7.11 Å². The lowest BCUT2D eigenvalue weighted by molar-refractivity contribution is 0.237. The summed E-state index contributed by atoms with van der Waals surface area (Å²) >= 11 is 12.3. The molecule has 1 saturated heterocycles. The molecule has 2 rings (SSSR count). The third-order valence-electron chi connectivity index (χ3n) is 3.66. The van der Waals surface area contributed by atoms with Crippen LogP contribution in [0.15, 0.2) is 12.1 Å². The van der Waals surface area contributed by atoms with Gasteiger partial charge in [0.1, 0.15) is 0 Å². The number of nitrogens with one attached hydrogen (secondary N) is 1. The van der Waals surface area contributed by atoms with Gasteiger partial charge < -0.3 is 15.0 Å². The van der Waals surface area contributed by atoms with E-state index in [1.165, 1.54) is 31.6 Å². The summed E-state index contributed by atoms with van der Waals surface area (Å²) in [4.78, 5) is 2.52. The Hall–Kier alpha value is -0.480. The fourth-order valence-corrected chi connectivity index (χ4v) is 3.24. The Balaban J connectivity index is 1.76. The van der Waals surface area contributed by atoms with Crippen molar-refractivity contribution in [1.82, 2.24) is 10.2 Å². The molecule has 1 fully saturated rings. The lowest BCUT2D eigenvalue weighted by Crippen LogP contribution is -2.43. The van der Waals surface area contributed by atoms with Gasteiger partial charge in [0.15, 0.2) is 5.75 Å². The summed E-state index contributed by atoms with van der Waals surface area (Å²) in [6, 6.07) is 3.91. The van der Waals surface area contributed by atoms with Crippen LogP contribution in [0.5, 0.6) is 5.75 Å². The standard InChI is InChI=1S/C15H22Cl2N2O/c1-20-15-13(16)10-12(11-14(15)17)4-2-3-7-19-8-5-18-6-9-19/h10-11,18H,2-9H2,1H3. The van der Waals surface area contributed by atoms with Gasteiger partial charge in [0, 0.05) is 26.2 Å². The van der Waals surface area contributed by atoms with Gasteiger partial charge in [-0.25, -0.2) is 0 Å². The summed E-state index contributed by atoms with van der Waals surface area (Å²) in [6.07, 6.45) is 3.37. The second-order valence-electron chi connectivity index (χ2n) is 5.14. The zero-order valence-electron chi connectivity index (χ0n) is 11.9. The maximum Gasteiger partial charge on any atom is 0.156 e. The minimum Gasteiger partial charge on any atom is -0.494 e. The predicted octanol–water partition coefficient (Wildman–Crippen LogP) is 3.23. The average Bonchev–Trinajstić information content (AvgIpc) is 2.44. The molecule has 1 N–H and O–H groups in total. The minimum absolute atomic E-state index is 0.568. The highest BCUT2D eigenvalue weighted by atomic mass is 35.5. The zero-order valence-corrected chi connectivity index (χ0v) is 13.4. The Morgan fingerprint density at radius 2 is 1.80 bits per heavy atom. The van der Waals surface area contributed by atoms with Crippen LogP contribution in [0.2, 0.25) is 10.0 Å². The summed E-state index contributed by atoms with van der Waals surface area (Å²) in [7, 11) is 1.58. The number of hydrogen-bond acceptors (Lipinski definition) is 3. The van der Waals surface area contributed by atoms with Crippen molar-refractivity contribution in [3.8, 4) is 5.75 Å². The van der Waals surface area contributed by atoms with Gasteiger partial charge in [0.25, 0.3) is 0 Å². The number of nitrogens with zero attached hydrogens (tertiary/aromatic N) is 1. The quantitative estimate of drug-likeness (QED) is 0.815. The van der Waals surface area contributed by atoms with Crippen molar-refractivity contribution in [2.24, 2.45) is 0 Å². The predicted molar refractivity (Wildman–Crippen MR) is 85.3 cm³/mol. The van der Waals surface area contributed by atoms with E-state index in [0.717, 1.165) is 25.9 Å². The van der Waals surface area contributed by atoms with Crippen LogP contribution in [-0.4, -0.2) is 44.7 Å². The monoisotopic (exact) mass is 316 g/mol. The molecule has 3 nitrogen and oxygen atoms in total. The van der Waals surface area contributed by atoms with Crippen LogP contribution in [0.4, 0.5) is 0 Å². The zero-order chi connectivity index (χ0) is 14.4. The molecule has 0 bridgehead atoms. The molecule has 20 heavy (non-hydrogen) atoms. The Morgan fingerprint density at radius 3 is 2.40 bits per heavy atom. The third kappa shape index (κ3) is 4.52. The number of rotatable bonds is 6. The molecular formula is C15H22Cl2N2O. The first-order valence-electron chi connectivity index (χ1n) is 7.15. The molecule has 0 spiro atoms. The number of methoxy groups -OCH3 is 1. The molecule has 0 atom stereocenters. The van der Waals surface area contributed by atoms with Gasteiger partial charge in [-0.3, -0.25) is 0 Å². The number of ether oxygens (including phenoxy) is 1. The van der Waals surface area contributed by atoms with Crippen molar-refractivity contribution in [3.63, 3.8) is 0 Å². The fraction of sp³-hybridized carbons (Fsp3) is 0.600. The van der Waals surface area contributed by atoms with Crippen LogP contribution >= 0.6 is 23.2 Å². The minimum atomic E-state index is 0.568. The first-order chi connectivity index (χ1) is 9.70. The number of piperazine rings is 1. The molecule has 1 heterocycles. The van der Waals surface area contributed by atoms with Crippen LogP contribution < -0.4 is 10.1 Å². The summed E-state index contributed by atoms with van der Waals surface area (Å²) in [5.41, 5.74) is 1.18.